The van der Waals surface area contributed by atoms with Gasteiger partial charge in [0.1, 0.15) is 6.79 Å². The Labute approximate surface area is 73.6 Å². The lowest BCUT2D eigenvalue weighted by Crippen LogP contribution is -2.10. The lowest BCUT2D eigenvalue weighted by Gasteiger charge is -2.11. The van der Waals surface area contributed by atoms with Crippen molar-refractivity contribution in [2.75, 3.05) is 19.0 Å². The van der Waals surface area contributed by atoms with Crippen LogP contribution in [-0.2, 0) is 9.47 Å². The third-order valence-electron chi connectivity index (χ3n) is 1.33. The minimum Gasteiger partial charge on any atom is -0.352 e. The van der Waals surface area contributed by atoms with E-state index < -0.39 is 0 Å². The summed E-state index contributed by atoms with van der Waals surface area (Å²) in [5, 5.41) is 0. The highest BCUT2D eigenvalue weighted by atomic mass is 32.2. The summed E-state index contributed by atoms with van der Waals surface area (Å²) in [5.41, 5.74) is 0. The van der Waals surface area contributed by atoms with Crippen molar-refractivity contribution >= 4 is 11.8 Å². The van der Waals surface area contributed by atoms with Gasteiger partial charge in [-0.1, -0.05) is 13.3 Å². The van der Waals surface area contributed by atoms with Crippen molar-refractivity contribution in [1.82, 2.24) is 0 Å². The summed E-state index contributed by atoms with van der Waals surface area (Å²) in [7, 11) is 0. The fraction of sp³-hybridized carbons (Fsp3) is 1.00. The van der Waals surface area contributed by atoms with Crippen LogP contribution in [0.5, 0.6) is 0 Å². The second-order valence-electron chi connectivity index (χ2n) is 2.49. The van der Waals surface area contributed by atoms with E-state index in [1.807, 2.05) is 6.26 Å². The standard InChI is InChI=1S/C8H18O2S/c1-4-5-8(2)10-6-9-7-11-3/h8H,4-7H2,1-3H3/t8-/m0/s1. The van der Waals surface area contributed by atoms with Crippen molar-refractivity contribution in [3.63, 3.8) is 0 Å². The molecule has 0 spiro atoms. The summed E-state index contributed by atoms with van der Waals surface area (Å²) < 4.78 is 10.5. The lowest BCUT2D eigenvalue weighted by molar-refractivity contribution is -0.0720. The van der Waals surface area contributed by atoms with E-state index in [0.717, 1.165) is 12.4 Å². The second kappa shape index (κ2) is 8.37. The van der Waals surface area contributed by atoms with Gasteiger partial charge in [0.2, 0.25) is 0 Å². The molecule has 0 heterocycles. The zero-order valence-corrected chi connectivity index (χ0v) is 8.45. The van der Waals surface area contributed by atoms with Crippen LogP contribution >= 0.6 is 11.8 Å². The minimum atomic E-state index is 0.335. The number of hydrogen-bond acceptors (Lipinski definition) is 3. The molecule has 0 rings (SSSR count). The second-order valence-corrected chi connectivity index (χ2v) is 3.31. The van der Waals surface area contributed by atoms with E-state index in [-0.39, 0.29) is 0 Å². The fourth-order valence-corrected chi connectivity index (χ4v) is 1.01. The molecule has 0 N–H and O–H groups in total. The smallest absolute Gasteiger partial charge is 0.148 e. The zero-order valence-electron chi connectivity index (χ0n) is 7.63. The molecule has 68 valence electrons. The van der Waals surface area contributed by atoms with Gasteiger partial charge in [-0.05, 0) is 19.6 Å². The first kappa shape index (κ1) is 11.3. The zero-order chi connectivity index (χ0) is 8.53. The molecule has 0 aliphatic rings. The van der Waals surface area contributed by atoms with Crippen LogP contribution < -0.4 is 0 Å². The molecule has 0 aliphatic heterocycles. The molecule has 0 unspecified atom stereocenters. The van der Waals surface area contributed by atoms with E-state index in [1.165, 1.54) is 6.42 Å². The molecule has 1 atom stereocenters. The molecule has 0 bridgehead atoms. The van der Waals surface area contributed by atoms with Crippen LogP contribution in [0.25, 0.3) is 0 Å². The average Bonchev–Trinajstić information content (AvgIpc) is 1.99. The summed E-state index contributed by atoms with van der Waals surface area (Å²) in [6.07, 6.45) is 4.63. The van der Waals surface area contributed by atoms with Crippen LogP contribution in [0.15, 0.2) is 0 Å². The van der Waals surface area contributed by atoms with Crippen LogP contribution in [0, 0.1) is 0 Å². The fourth-order valence-electron chi connectivity index (χ4n) is 0.771. The third-order valence-corrected chi connectivity index (χ3v) is 1.73. The Bertz CT molecular complexity index is 78.5. The van der Waals surface area contributed by atoms with E-state index in [4.69, 9.17) is 9.47 Å². The highest BCUT2D eigenvalue weighted by Gasteiger charge is 1.98. The number of rotatable bonds is 7. The Kier molecular flexibility index (Phi) is 8.57. The van der Waals surface area contributed by atoms with Crippen molar-refractivity contribution in [3.8, 4) is 0 Å². The monoisotopic (exact) mass is 178 g/mol. The molecule has 0 saturated heterocycles. The van der Waals surface area contributed by atoms with Gasteiger partial charge in [-0.3, -0.25) is 0 Å². The van der Waals surface area contributed by atoms with Gasteiger partial charge in [-0.25, -0.2) is 0 Å². The van der Waals surface area contributed by atoms with Gasteiger partial charge in [-0.15, -0.1) is 11.8 Å². The van der Waals surface area contributed by atoms with Crippen molar-refractivity contribution in [2.45, 2.75) is 32.8 Å². The largest absolute Gasteiger partial charge is 0.352 e. The topological polar surface area (TPSA) is 18.5 Å². The van der Waals surface area contributed by atoms with Crippen LogP contribution in [0.1, 0.15) is 26.7 Å². The van der Waals surface area contributed by atoms with Gasteiger partial charge in [0.05, 0.1) is 12.0 Å². The summed E-state index contributed by atoms with van der Waals surface area (Å²) in [6, 6.07) is 0. The highest BCUT2D eigenvalue weighted by Crippen LogP contribution is 2.01. The maximum atomic E-state index is 5.35. The molecule has 0 amide bonds. The Morgan fingerprint density at radius 3 is 2.73 bits per heavy atom. The van der Waals surface area contributed by atoms with Crippen LogP contribution in [-0.4, -0.2) is 25.1 Å². The summed E-state index contributed by atoms with van der Waals surface area (Å²) in [6.45, 7) is 4.66. The SMILES string of the molecule is CCC[C@H](C)OCOCSC. The average molecular weight is 178 g/mol. The van der Waals surface area contributed by atoms with Crippen LogP contribution in [0.2, 0.25) is 0 Å². The van der Waals surface area contributed by atoms with E-state index in [1.54, 1.807) is 11.8 Å². The maximum Gasteiger partial charge on any atom is 0.148 e. The maximum absolute atomic E-state index is 5.35. The van der Waals surface area contributed by atoms with E-state index in [2.05, 4.69) is 13.8 Å². The van der Waals surface area contributed by atoms with Gasteiger partial charge in [0.15, 0.2) is 0 Å². The molecule has 11 heavy (non-hydrogen) atoms. The predicted octanol–water partition coefficient (Wildman–Crippen LogP) is 2.49. The first-order valence-electron chi connectivity index (χ1n) is 3.99. The molecular weight excluding hydrogens is 160 g/mol. The molecule has 3 heteroatoms. The Hall–Kier alpha value is 0.270. The number of hydrogen-bond donors (Lipinski definition) is 0. The first-order valence-corrected chi connectivity index (χ1v) is 5.39. The van der Waals surface area contributed by atoms with Crippen LogP contribution in [0.4, 0.5) is 0 Å². The Morgan fingerprint density at radius 2 is 2.18 bits per heavy atom. The summed E-state index contributed by atoms with van der Waals surface area (Å²) in [4.78, 5) is 0. The normalized spacial score (nSPS) is 13.4. The minimum absolute atomic E-state index is 0.335. The van der Waals surface area contributed by atoms with Crippen molar-refractivity contribution < 1.29 is 9.47 Å². The van der Waals surface area contributed by atoms with Crippen molar-refractivity contribution in [2.24, 2.45) is 0 Å². The van der Waals surface area contributed by atoms with Crippen molar-refractivity contribution in [1.29, 1.82) is 0 Å². The van der Waals surface area contributed by atoms with Crippen molar-refractivity contribution in [3.05, 3.63) is 0 Å². The Balaban J connectivity index is 2.97. The molecule has 0 aliphatic carbocycles. The summed E-state index contributed by atoms with van der Waals surface area (Å²) >= 11 is 1.66. The van der Waals surface area contributed by atoms with Gasteiger partial charge in [0.25, 0.3) is 0 Å². The molecule has 2 nitrogen and oxygen atoms in total. The Morgan fingerprint density at radius 1 is 1.45 bits per heavy atom. The quantitative estimate of drug-likeness (QED) is 0.441. The summed E-state index contributed by atoms with van der Waals surface area (Å²) in [5.74, 6) is 0.721. The molecule has 0 aromatic carbocycles. The predicted molar refractivity (Wildman–Crippen MR) is 49.8 cm³/mol. The molecule has 0 aromatic heterocycles. The lowest BCUT2D eigenvalue weighted by atomic mass is 10.2. The van der Waals surface area contributed by atoms with E-state index >= 15 is 0 Å². The molecular formula is C8H18O2S. The van der Waals surface area contributed by atoms with E-state index in [0.29, 0.717) is 12.9 Å². The number of thioether (sulfide) groups is 1. The third kappa shape index (κ3) is 8.17. The van der Waals surface area contributed by atoms with Gasteiger partial charge < -0.3 is 9.47 Å². The van der Waals surface area contributed by atoms with Gasteiger partial charge in [0, 0.05) is 0 Å². The van der Waals surface area contributed by atoms with E-state index in [9.17, 15) is 0 Å². The number of ether oxygens (including phenoxy) is 2. The molecule has 0 saturated carbocycles. The molecule has 0 aromatic rings. The first-order chi connectivity index (χ1) is 5.31. The molecule has 0 radical (unpaired) electrons. The van der Waals surface area contributed by atoms with Gasteiger partial charge >= 0.3 is 0 Å². The molecule has 0 fully saturated rings. The highest BCUT2D eigenvalue weighted by molar-refractivity contribution is 7.98. The van der Waals surface area contributed by atoms with Gasteiger partial charge in [-0.2, -0.15) is 0 Å². The van der Waals surface area contributed by atoms with Crippen LogP contribution in [0.3, 0.4) is 0 Å².